The van der Waals surface area contributed by atoms with E-state index in [0.717, 1.165) is 135 Å². The number of amides is 1. The van der Waals surface area contributed by atoms with Gasteiger partial charge >= 0.3 is 35.0 Å². The van der Waals surface area contributed by atoms with Crippen molar-refractivity contribution in [2.45, 2.75) is 205 Å². The van der Waals surface area contributed by atoms with Crippen LogP contribution < -0.4 is 11.1 Å². The van der Waals surface area contributed by atoms with E-state index in [0.29, 0.717) is 43.9 Å². The quantitative estimate of drug-likeness (QED) is 0.0285. The van der Waals surface area contributed by atoms with Gasteiger partial charge in [0.25, 0.3) is 0 Å². The van der Waals surface area contributed by atoms with E-state index in [-0.39, 0.29) is 53.7 Å². The van der Waals surface area contributed by atoms with Gasteiger partial charge in [0.15, 0.2) is 5.78 Å². The minimum absolute atomic E-state index is 0. The van der Waals surface area contributed by atoms with Crippen LogP contribution in [0.25, 0.3) is 12.2 Å². The van der Waals surface area contributed by atoms with Crippen LogP contribution in [-0.2, 0) is 78.9 Å². The molecule has 3 fully saturated rings. The predicted molar refractivity (Wildman–Crippen MR) is 525 cm³/mol. The minimum Gasteiger partial charge on any atom is -0.294 e. The van der Waals surface area contributed by atoms with Gasteiger partial charge in [0.05, 0.1) is 37.7 Å². The molecule has 0 bridgehead atoms. The normalized spacial score (nSPS) is 20.2. The van der Waals surface area contributed by atoms with Crippen molar-refractivity contribution in [1.82, 2.24) is 24.9 Å². The number of ether oxygens (including phenoxy) is 2. The minimum atomic E-state index is -1.07. The second-order valence-corrected chi connectivity index (χ2v) is 42.5. The van der Waals surface area contributed by atoms with Crippen molar-refractivity contribution < 1.29 is 38.7 Å². The molecule has 3 saturated heterocycles. The fraction of sp³-hybridized carbons (Fsp3) is 0.376. The third-order valence-electron chi connectivity index (χ3n) is 25.3. The number of carbonyl (C=O) groups excluding carboxylic acids is 2. The van der Waals surface area contributed by atoms with Gasteiger partial charge in [-0.3, -0.25) is 44.6 Å². The first kappa shape index (κ1) is 99.8. The van der Waals surface area contributed by atoms with Crippen LogP contribution in [0.15, 0.2) is 279 Å². The maximum Gasteiger partial charge on any atom is 0.247 e. The molecular weight excluding hydrogens is 1620 g/mol. The SMILES string of the molecule is C.C.C1=Cc2ccccc2CC1.CC(C)(C)OC(=O)NC12CCc3ccccc3C1CN(Cc1ccccc1)C2.COCN(Cc1ccccc1)C[Si](C)(C)C.NC12CCc3ccccc3C1CN(Cc1ccccc1)C2.O=BC#CO.O=C1CCCc2ccccc21.O=[N+]([O-])C12CCc3ccccc3C1CN(Cc1ccccc1)C2.O=[N+]([O-])C1=Cc2ccccc2CC1. The van der Waals surface area contributed by atoms with E-state index in [1.165, 1.54) is 103 Å². The van der Waals surface area contributed by atoms with Crippen LogP contribution in [0.5, 0.6) is 0 Å². The molecule has 676 valence electrons. The average molecular weight is 1750 g/mol. The van der Waals surface area contributed by atoms with Gasteiger partial charge in [-0.05, 0) is 175 Å². The van der Waals surface area contributed by atoms with Gasteiger partial charge in [0.1, 0.15) is 5.60 Å². The maximum atomic E-state index is 12.7. The van der Waals surface area contributed by atoms with Gasteiger partial charge in [-0.1, -0.05) is 314 Å². The number of ketones is 1. The van der Waals surface area contributed by atoms with E-state index >= 15 is 0 Å². The first-order valence-corrected chi connectivity index (χ1v) is 48.6. The Morgan fingerprint density at radius 2 is 1.01 bits per heavy atom. The van der Waals surface area contributed by atoms with Crippen LogP contribution in [-0.4, -0.2) is 143 Å². The molecule has 1 amide bonds. The number of carbonyl (C=O) groups is 2. The zero-order valence-electron chi connectivity index (χ0n) is 75.0. The number of nitrogens with two attached hydrogens (primary N) is 1. The molecule has 3 aliphatic heterocycles. The molecule has 6 aliphatic carbocycles. The summed E-state index contributed by atoms with van der Waals surface area (Å²) in [5, 5.41) is 33.2. The Balaban J connectivity index is 0.000000158. The Kier molecular flexibility index (Phi) is 37.0. The molecule has 4 N–H and O–H groups in total. The van der Waals surface area contributed by atoms with Crippen LogP contribution in [0.4, 0.5) is 4.79 Å². The zero-order chi connectivity index (χ0) is 89.8. The molecule has 10 aromatic rings. The van der Waals surface area contributed by atoms with Crippen molar-refractivity contribution in [3.05, 3.63) is 388 Å². The number of aliphatic hydroxyl groups excluding tert-OH is 1. The Morgan fingerprint density at radius 1 is 0.550 bits per heavy atom. The predicted octanol–water partition coefficient (Wildman–Crippen LogP) is 21.3. The van der Waals surface area contributed by atoms with Gasteiger partial charge < -0.3 is 20.5 Å². The molecule has 9 aliphatic rings. The Hall–Kier alpha value is -11.4. The summed E-state index contributed by atoms with van der Waals surface area (Å²) < 4.78 is 20.0. The molecule has 19 rings (SSSR count). The molecule has 129 heavy (non-hydrogen) atoms. The van der Waals surface area contributed by atoms with E-state index in [4.69, 9.17) is 25.0 Å². The molecule has 6 atom stereocenters. The molecular formula is C109H133BN8O10Si. The summed E-state index contributed by atoms with van der Waals surface area (Å²) in [6, 6.07) is 92.2. The van der Waals surface area contributed by atoms with Crippen molar-refractivity contribution in [2.24, 2.45) is 5.73 Å². The molecule has 18 nitrogen and oxygen atoms in total. The van der Waals surface area contributed by atoms with Crippen molar-refractivity contribution in [3.8, 4) is 11.9 Å². The molecule has 10 aromatic carbocycles. The summed E-state index contributed by atoms with van der Waals surface area (Å²) in [7, 11) is 1.02. The number of hydrogen-bond acceptors (Lipinski definition) is 15. The smallest absolute Gasteiger partial charge is 0.247 e. The van der Waals surface area contributed by atoms with E-state index in [2.05, 4.69) is 245 Å². The number of aryl methyl sites for hydroxylation is 6. The van der Waals surface area contributed by atoms with Gasteiger partial charge in [-0.15, -0.1) is 0 Å². The van der Waals surface area contributed by atoms with Gasteiger partial charge in [-0.25, -0.2) is 4.79 Å². The zero-order valence-corrected chi connectivity index (χ0v) is 76.0. The maximum absolute atomic E-state index is 12.7. The van der Waals surface area contributed by atoms with Crippen LogP contribution in [0.3, 0.4) is 0 Å². The second-order valence-electron chi connectivity index (χ2n) is 37.1. The number of methoxy groups -OCH3 is 1. The number of nitrogens with one attached hydrogen (secondary N) is 1. The number of likely N-dealkylation sites (tertiary alicyclic amines) is 3. The Morgan fingerprint density at radius 3 is 1.52 bits per heavy atom. The largest absolute Gasteiger partial charge is 0.294 e. The first-order valence-electron chi connectivity index (χ1n) is 44.9. The van der Waals surface area contributed by atoms with E-state index in [9.17, 15) is 29.8 Å². The van der Waals surface area contributed by atoms with Crippen LogP contribution in [0.2, 0.25) is 19.6 Å². The van der Waals surface area contributed by atoms with Gasteiger partial charge in [0.2, 0.25) is 11.2 Å². The number of rotatable bonds is 15. The number of nitro groups is 2. The second kappa shape index (κ2) is 47.8. The number of aliphatic hydroxyl groups is 1. The summed E-state index contributed by atoms with van der Waals surface area (Å²) >= 11 is 0. The fourth-order valence-corrected chi connectivity index (χ4v) is 21.2. The number of fused-ring (bicyclic) bond motifs is 12. The molecule has 0 radical (unpaired) electrons. The summed E-state index contributed by atoms with van der Waals surface area (Å²) in [5.74, 6) is 2.83. The first-order chi connectivity index (χ1) is 61.3. The van der Waals surface area contributed by atoms with Crippen molar-refractivity contribution in [3.63, 3.8) is 0 Å². The average Bonchev–Trinajstić information content (AvgIpc) is 1.61. The molecule has 0 spiro atoms. The summed E-state index contributed by atoms with van der Waals surface area (Å²) in [4.78, 5) is 55.8. The monoisotopic (exact) mass is 1750 g/mol. The summed E-state index contributed by atoms with van der Waals surface area (Å²) in [6.07, 6.45) is 20.6. The summed E-state index contributed by atoms with van der Waals surface area (Å²) in [6.45, 7) is 22.5. The number of alkyl carbamates (subject to hydrolysis) is 1. The van der Waals surface area contributed by atoms with Crippen LogP contribution >= 0.6 is 0 Å². The summed E-state index contributed by atoms with van der Waals surface area (Å²) in [5.41, 5.74) is 26.2. The van der Waals surface area contributed by atoms with Crippen molar-refractivity contribution in [1.29, 1.82) is 0 Å². The Labute approximate surface area is 768 Å². The third kappa shape index (κ3) is 28.1. The topological polar surface area (TPSA) is 227 Å². The van der Waals surface area contributed by atoms with Gasteiger partial charge in [0, 0.05) is 119 Å². The number of allylic oxidation sites excluding steroid dienone is 2. The Bertz CT molecular complexity index is 5430. The van der Waals surface area contributed by atoms with Crippen LogP contribution in [0.1, 0.15) is 192 Å². The van der Waals surface area contributed by atoms with Crippen molar-refractivity contribution in [2.75, 3.05) is 59.3 Å². The van der Waals surface area contributed by atoms with E-state index in [1.54, 1.807) is 19.0 Å². The number of Topliss-reactive ketones (excluding diaryl/α,β-unsaturated/α-hetero) is 1. The molecule has 20 heteroatoms. The third-order valence-corrected chi connectivity index (χ3v) is 26.7. The van der Waals surface area contributed by atoms with Crippen LogP contribution in [0, 0.1) is 32.2 Å². The number of hydrogen-bond donors (Lipinski definition) is 3. The molecule has 3 heterocycles. The number of nitrogens with zero attached hydrogens (tertiary/aromatic N) is 6. The van der Waals surface area contributed by atoms with Crippen molar-refractivity contribution >= 4 is 39.3 Å². The molecule has 0 aromatic heterocycles. The molecule has 0 saturated carbocycles. The fourth-order valence-electron chi connectivity index (χ4n) is 19.6. The van der Waals surface area contributed by atoms with E-state index in [1.807, 2.05) is 99.6 Å². The van der Waals surface area contributed by atoms with Gasteiger partial charge in [-0.2, -0.15) is 0 Å². The standard InChI is InChI=1S/C24H30N2O2.C19H20N2O2.C19H22N2.C13H23NOSi.C10H9NO2.C10H10O.C10H10.C2HBO2.2CH4/c1-23(2,3)28-22(27)25-24-14-13-19-11-7-8-12-20(19)21(24)16-26(17-24)15-18-9-5-4-6-10-18;22-21(23)19-11-10-16-8-4-5-9-17(16)18(19)13-20(14-19)12-15-6-2-1-3-7-15;20-19-11-10-16-8-4-5-9-17(16)18(19)13-21(14-19)12-15-6-2-1-3-7-15;1-15-11-14(12-16(2,3)4)10-13-8-6-5-7-9-13;12-11(13)10-6-5-8-3-1-2-4-9(8)7-10;11-10-7-3-5-8-4-1-2-6-9(8)10;1-2-6-10-8-4-3-7-9(10)5-1;4-2-1-3-5;;/h4-12,21H,13-17H2,1-3H3,(H,25,27);1-9,18H,10-14H2;1-9,18H,10-14,20H2;5-9H,10-12H2,1-4H3;1-4,7H,5-6H2;1-2,4,6H,3,5,7H2;1-3,5-7H,4,8H2;4H;2*1H4. The number of benzene rings is 10. The molecule has 6 unspecified atom stereocenters. The van der Waals surface area contributed by atoms with E-state index < -0.39 is 19.2 Å².